The highest BCUT2D eigenvalue weighted by Crippen LogP contribution is 2.31. The second kappa shape index (κ2) is 13.4. The van der Waals surface area contributed by atoms with Gasteiger partial charge < -0.3 is 14.0 Å². The lowest BCUT2D eigenvalue weighted by Gasteiger charge is -2.31. The Morgan fingerprint density at radius 1 is 1.13 bits per heavy atom. The zero-order valence-electron chi connectivity index (χ0n) is 25.2. The summed E-state index contributed by atoms with van der Waals surface area (Å²) in [7, 11) is 1.38. The summed E-state index contributed by atoms with van der Waals surface area (Å²) in [6, 6.07) is 16.1. The van der Waals surface area contributed by atoms with Gasteiger partial charge in [-0.05, 0) is 78.3 Å². The van der Waals surface area contributed by atoms with Crippen molar-refractivity contribution in [2.75, 3.05) is 20.2 Å². The second-order valence-electron chi connectivity index (χ2n) is 11.1. The average molecular weight is 733 g/mol. The van der Waals surface area contributed by atoms with Gasteiger partial charge in [-0.25, -0.2) is 29.1 Å². The number of thiazole rings is 2. The summed E-state index contributed by atoms with van der Waals surface area (Å²) < 4.78 is 28.9. The fraction of sp³-hybridized carbons (Fsp3) is 0.273. The number of piperidine rings is 1. The molecular formula is C33H27BrFN7O3S2. The molecular weight excluding hydrogens is 705 g/mol. The number of hydrogen-bond donors (Lipinski definition) is 0. The largest absolute Gasteiger partial charge is 0.470 e. The normalized spacial score (nSPS) is 14.1. The SMILES string of the molecule is COC(=O)c1ccc2nc(CN3CCC(c4cccc(OCc5nc6c(F)cc(C#N)cc6s5)n4)CC3)n(Cc3scnc3Br)c2c1. The molecule has 0 bridgehead atoms. The van der Waals surface area contributed by atoms with Crippen LogP contribution in [0.4, 0.5) is 4.39 Å². The van der Waals surface area contributed by atoms with Crippen molar-refractivity contribution in [1.29, 1.82) is 5.26 Å². The number of pyridine rings is 1. The quantitative estimate of drug-likeness (QED) is 0.144. The van der Waals surface area contributed by atoms with E-state index < -0.39 is 5.82 Å². The first-order chi connectivity index (χ1) is 22.9. The number of fused-ring (bicyclic) bond motifs is 2. The van der Waals surface area contributed by atoms with Crippen LogP contribution in [0.15, 0.2) is 58.6 Å². The van der Waals surface area contributed by atoms with Gasteiger partial charge in [0.2, 0.25) is 5.88 Å². The van der Waals surface area contributed by atoms with E-state index in [0.29, 0.717) is 34.2 Å². The van der Waals surface area contributed by atoms with Crippen molar-refractivity contribution in [3.8, 4) is 11.9 Å². The third kappa shape index (κ3) is 6.62. The molecule has 0 saturated carbocycles. The van der Waals surface area contributed by atoms with Crippen molar-refractivity contribution in [1.82, 2.24) is 29.4 Å². The average Bonchev–Trinajstić information content (AvgIpc) is 3.80. The zero-order valence-corrected chi connectivity index (χ0v) is 28.4. The fourth-order valence-corrected chi connectivity index (χ4v) is 8.06. The molecule has 6 aromatic rings. The molecule has 0 aliphatic carbocycles. The number of halogens is 2. The summed E-state index contributed by atoms with van der Waals surface area (Å²) in [6.07, 6.45) is 1.86. The maximum Gasteiger partial charge on any atom is 0.337 e. The Morgan fingerprint density at radius 3 is 2.74 bits per heavy atom. The molecule has 7 rings (SSSR count). The number of imidazole rings is 1. The summed E-state index contributed by atoms with van der Waals surface area (Å²) in [6.45, 7) is 3.17. The van der Waals surface area contributed by atoms with Gasteiger partial charge in [0, 0.05) is 17.7 Å². The summed E-state index contributed by atoms with van der Waals surface area (Å²) in [5, 5.41) is 9.74. The number of hydrogen-bond acceptors (Lipinski definition) is 11. The van der Waals surface area contributed by atoms with Gasteiger partial charge in [-0.15, -0.1) is 22.7 Å². The third-order valence-electron chi connectivity index (χ3n) is 8.22. The van der Waals surface area contributed by atoms with E-state index in [4.69, 9.17) is 24.7 Å². The van der Waals surface area contributed by atoms with E-state index in [1.807, 2.05) is 41.9 Å². The van der Waals surface area contributed by atoms with E-state index in [2.05, 4.69) is 35.4 Å². The number of methoxy groups -OCH3 is 1. The number of likely N-dealkylation sites (tertiary alicyclic amines) is 1. The highest BCUT2D eigenvalue weighted by molar-refractivity contribution is 9.10. The molecule has 5 heterocycles. The van der Waals surface area contributed by atoms with E-state index in [1.165, 1.54) is 24.5 Å². The number of nitrogens with zero attached hydrogens (tertiary/aromatic N) is 7. The number of esters is 1. The van der Waals surface area contributed by atoms with Crippen LogP contribution in [0.5, 0.6) is 5.88 Å². The van der Waals surface area contributed by atoms with Crippen LogP contribution in [0.2, 0.25) is 0 Å². The minimum absolute atomic E-state index is 0.163. The first-order valence-corrected chi connectivity index (χ1v) is 17.3. The molecule has 10 nitrogen and oxygen atoms in total. The van der Waals surface area contributed by atoms with Crippen LogP contribution in [0.25, 0.3) is 21.3 Å². The molecule has 0 amide bonds. The maximum atomic E-state index is 14.3. The first-order valence-electron chi connectivity index (χ1n) is 14.8. The standard InChI is InChI=1S/C33H27BrFN7O3S2/c1-44-33(43)21-5-6-24-25(13-21)42(15-27-32(34)37-18-46-27)28(38-24)16-41-9-7-20(8-10-41)23-3-2-4-29(39-23)45-17-30-40-31-22(35)11-19(14-36)12-26(31)47-30/h2-6,11-13,18,20H,7-10,15-17H2,1H3. The highest BCUT2D eigenvalue weighted by Gasteiger charge is 2.25. The van der Waals surface area contributed by atoms with Gasteiger partial charge in [-0.2, -0.15) is 5.26 Å². The topological polar surface area (TPSA) is 119 Å². The number of carbonyl (C=O) groups is 1. The Balaban J connectivity index is 1.02. The van der Waals surface area contributed by atoms with Gasteiger partial charge in [0.05, 0.1) is 63.5 Å². The van der Waals surface area contributed by atoms with Crippen LogP contribution in [0, 0.1) is 17.1 Å². The van der Waals surface area contributed by atoms with E-state index in [1.54, 1.807) is 23.5 Å². The van der Waals surface area contributed by atoms with Gasteiger partial charge in [0.25, 0.3) is 0 Å². The molecule has 1 aliphatic rings. The Hall–Kier alpha value is -4.29. The van der Waals surface area contributed by atoms with Crippen molar-refractivity contribution in [3.05, 3.63) is 97.0 Å². The molecule has 0 atom stereocenters. The Kier molecular flexibility index (Phi) is 8.96. The predicted octanol–water partition coefficient (Wildman–Crippen LogP) is 7.06. The Labute approximate surface area is 285 Å². The summed E-state index contributed by atoms with van der Waals surface area (Å²) in [5.74, 6) is 0.813. The lowest BCUT2D eigenvalue weighted by molar-refractivity contribution is 0.0601. The van der Waals surface area contributed by atoms with Crippen LogP contribution in [0.3, 0.4) is 0 Å². The smallest absolute Gasteiger partial charge is 0.337 e. The molecule has 1 aliphatic heterocycles. The number of carbonyl (C=O) groups excluding carboxylic acids is 1. The molecule has 0 radical (unpaired) electrons. The number of aromatic nitrogens is 5. The summed E-state index contributed by atoms with van der Waals surface area (Å²) >= 11 is 6.44. The maximum absolute atomic E-state index is 14.3. The zero-order chi connectivity index (χ0) is 32.5. The van der Waals surface area contributed by atoms with Gasteiger partial charge >= 0.3 is 5.97 Å². The van der Waals surface area contributed by atoms with Crippen LogP contribution >= 0.6 is 38.6 Å². The second-order valence-corrected chi connectivity index (χ2v) is 13.9. The first kappa shape index (κ1) is 31.3. The third-order valence-corrected chi connectivity index (χ3v) is 11.0. The predicted molar refractivity (Wildman–Crippen MR) is 180 cm³/mol. The molecule has 1 saturated heterocycles. The summed E-state index contributed by atoms with van der Waals surface area (Å²) in [5.41, 5.74) is 5.50. The minimum Gasteiger partial charge on any atom is -0.470 e. The minimum atomic E-state index is -0.508. The van der Waals surface area contributed by atoms with Gasteiger partial charge in [0.1, 0.15) is 27.6 Å². The molecule has 0 unspecified atom stereocenters. The molecule has 0 N–H and O–H groups in total. The molecule has 47 heavy (non-hydrogen) atoms. The molecule has 14 heteroatoms. The number of ether oxygens (including phenoxy) is 2. The Morgan fingerprint density at radius 2 is 1.98 bits per heavy atom. The van der Waals surface area contributed by atoms with Crippen molar-refractivity contribution in [2.45, 2.75) is 38.5 Å². The van der Waals surface area contributed by atoms with E-state index >= 15 is 0 Å². The van der Waals surface area contributed by atoms with Gasteiger partial charge in [0.15, 0.2) is 5.82 Å². The van der Waals surface area contributed by atoms with Gasteiger partial charge in [-0.3, -0.25) is 4.90 Å². The summed E-state index contributed by atoms with van der Waals surface area (Å²) in [4.78, 5) is 34.2. The number of rotatable bonds is 9. The van der Waals surface area contributed by atoms with Crippen LogP contribution < -0.4 is 4.74 Å². The van der Waals surface area contributed by atoms with Crippen molar-refractivity contribution < 1.29 is 18.7 Å². The number of benzene rings is 2. The monoisotopic (exact) mass is 731 g/mol. The lowest BCUT2D eigenvalue weighted by atomic mass is 9.93. The van der Waals surface area contributed by atoms with E-state index in [0.717, 1.165) is 58.0 Å². The number of nitriles is 1. The van der Waals surface area contributed by atoms with Crippen molar-refractivity contribution in [3.63, 3.8) is 0 Å². The molecule has 2 aromatic carbocycles. The van der Waals surface area contributed by atoms with E-state index in [9.17, 15) is 9.18 Å². The lowest BCUT2D eigenvalue weighted by Crippen LogP contribution is -2.33. The fourth-order valence-electron chi connectivity index (χ4n) is 5.84. The molecule has 4 aromatic heterocycles. The van der Waals surface area contributed by atoms with Crippen molar-refractivity contribution in [2.24, 2.45) is 0 Å². The van der Waals surface area contributed by atoms with Crippen LogP contribution in [-0.4, -0.2) is 55.6 Å². The van der Waals surface area contributed by atoms with E-state index in [-0.39, 0.29) is 29.6 Å². The van der Waals surface area contributed by atoms with Gasteiger partial charge in [-0.1, -0.05) is 6.07 Å². The van der Waals surface area contributed by atoms with Crippen LogP contribution in [0.1, 0.15) is 56.1 Å². The van der Waals surface area contributed by atoms with Crippen molar-refractivity contribution >= 4 is 65.8 Å². The molecule has 0 spiro atoms. The Bertz CT molecular complexity index is 2150. The molecule has 238 valence electrons. The molecule has 1 fully saturated rings. The highest BCUT2D eigenvalue weighted by atomic mass is 79.9. The van der Waals surface area contributed by atoms with Crippen LogP contribution in [-0.2, 0) is 24.4 Å².